The molecule has 0 rings (SSSR count). The van der Waals surface area contributed by atoms with Crippen molar-refractivity contribution in [3.63, 3.8) is 0 Å². The van der Waals surface area contributed by atoms with Crippen LogP contribution >= 0.6 is 11.8 Å². The Bertz CT molecular complexity index is 708. The van der Waals surface area contributed by atoms with E-state index in [2.05, 4.69) is 53.8 Å². The molecule has 0 aliphatic rings. The minimum absolute atomic E-state index is 0.0245. The second-order valence-electron chi connectivity index (χ2n) is 10.0. The number of amides is 2. The van der Waals surface area contributed by atoms with Gasteiger partial charge in [-0.25, -0.2) is 4.99 Å². The van der Waals surface area contributed by atoms with Crippen molar-refractivity contribution in [3.05, 3.63) is 0 Å². The Morgan fingerprint density at radius 1 is 1.08 bits per heavy atom. The number of thioether (sulfide) groups is 1. The van der Waals surface area contributed by atoms with Crippen LogP contribution in [0.15, 0.2) is 15.3 Å². The summed E-state index contributed by atoms with van der Waals surface area (Å²) in [5.41, 5.74) is 8.29. The first kappa shape index (κ1) is 34.0. The van der Waals surface area contributed by atoms with Crippen molar-refractivity contribution in [2.45, 2.75) is 123 Å². The van der Waals surface area contributed by atoms with E-state index in [-0.39, 0.29) is 28.5 Å². The molecule has 0 bridgehead atoms. The molecule has 0 aliphatic heterocycles. The number of unbranched alkanes of at least 4 members (excludes halogenated alkanes) is 2. The van der Waals surface area contributed by atoms with Crippen LogP contribution < -0.4 is 16.5 Å². The number of hydrogen-bond acceptors (Lipinski definition) is 6. The van der Waals surface area contributed by atoms with E-state index in [0.29, 0.717) is 18.1 Å². The van der Waals surface area contributed by atoms with Crippen molar-refractivity contribution in [1.29, 1.82) is 5.41 Å². The SMILES string of the molecule is CCCC(CC)(CC)SC(=N)/N=C\[C@@H](C)C[C@H](C)/N=N\NCCCCCC(=O)NC(C(N)=O)C(C)C. The van der Waals surface area contributed by atoms with Gasteiger partial charge in [0.1, 0.15) is 6.04 Å². The zero-order chi connectivity index (χ0) is 27.6. The number of hydrogen-bond donors (Lipinski definition) is 4. The summed E-state index contributed by atoms with van der Waals surface area (Å²) in [6.45, 7) is 15.1. The van der Waals surface area contributed by atoms with E-state index in [4.69, 9.17) is 11.1 Å². The second kappa shape index (κ2) is 19.2. The van der Waals surface area contributed by atoms with Crippen LogP contribution in [0.5, 0.6) is 0 Å². The van der Waals surface area contributed by atoms with Gasteiger partial charge in [0.2, 0.25) is 11.8 Å². The molecule has 3 atom stereocenters. The van der Waals surface area contributed by atoms with Crippen molar-refractivity contribution in [3.8, 4) is 0 Å². The van der Waals surface area contributed by atoms with Gasteiger partial charge in [-0.2, -0.15) is 5.11 Å². The molecule has 0 aromatic carbocycles. The molecule has 5 N–H and O–H groups in total. The third kappa shape index (κ3) is 15.2. The van der Waals surface area contributed by atoms with Gasteiger partial charge < -0.3 is 11.1 Å². The molecule has 0 radical (unpaired) electrons. The van der Waals surface area contributed by atoms with Crippen LogP contribution in [0.2, 0.25) is 0 Å². The molecule has 0 spiro atoms. The van der Waals surface area contributed by atoms with Gasteiger partial charge in [-0.15, -0.1) is 0 Å². The minimum Gasteiger partial charge on any atom is -0.368 e. The van der Waals surface area contributed by atoms with Crippen molar-refractivity contribution in [1.82, 2.24) is 10.7 Å². The smallest absolute Gasteiger partial charge is 0.240 e. The third-order valence-corrected chi connectivity index (χ3v) is 7.79. The zero-order valence-corrected chi connectivity index (χ0v) is 24.4. The van der Waals surface area contributed by atoms with E-state index in [9.17, 15) is 9.59 Å². The van der Waals surface area contributed by atoms with Crippen LogP contribution in [0, 0.1) is 17.2 Å². The number of nitrogens with two attached hydrogens (primary N) is 1. The summed E-state index contributed by atoms with van der Waals surface area (Å²) in [5.74, 6) is -0.459. The maximum atomic E-state index is 12.0. The molecule has 2 amide bonds. The highest BCUT2D eigenvalue weighted by atomic mass is 32.2. The Hall–Kier alpha value is -1.97. The number of aliphatic imine (C=N–C) groups is 1. The molecule has 0 aromatic rings. The van der Waals surface area contributed by atoms with Crippen LogP contribution in [0.1, 0.15) is 106 Å². The first-order valence-corrected chi connectivity index (χ1v) is 14.3. The predicted molar refractivity (Wildman–Crippen MR) is 153 cm³/mol. The summed E-state index contributed by atoms with van der Waals surface area (Å²) in [6, 6.07) is -0.567. The van der Waals surface area contributed by atoms with Gasteiger partial charge >= 0.3 is 0 Å². The lowest BCUT2D eigenvalue weighted by Gasteiger charge is -2.29. The summed E-state index contributed by atoms with van der Waals surface area (Å²) in [7, 11) is 0. The van der Waals surface area contributed by atoms with Gasteiger partial charge in [0.25, 0.3) is 0 Å². The van der Waals surface area contributed by atoms with E-state index in [1.807, 2.05) is 27.0 Å². The second-order valence-corrected chi connectivity index (χ2v) is 11.5. The lowest BCUT2D eigenvalue weighted by Crippen LogP contribution is -2.47. The predicted octanol–water partition coefficient (Wildman–Crippen LogP) is 5.64. The fraction of sp³-hybridized carbons (Fsp3) is 0.846. The van der Waals surface area contributed by atoms with Crippen molar-refractivity contribution in [2.75, 3.05) is 6.54 Å². The lowest BCUT2D eigenvalue weighted by atomic mass is 9.97. The lowest BCUT2D eigenvalue weighted by molar-refractivity contribution is -0.128. The van der Waals surface area contributed by atoms with Gasteiger partial charge in [0.15, 0.2) is 5.17 Å². The number of nitrogens with one attached hydrogen (secondary N) is 3. The minimum atomic E-state index is -0.617. The normalized spacial score (nSPS) is 14.8. The molecule has 9 nitrogen and oxygen atoms in total. The fourth-order valence-electron chi connectivity index (χ4n) is 3.99. The Kier molecular flexibility index (Phi) is 18.1. The van der Waals surface area contributed by atoms with Crippen molar-refractivity contribution in [2.24, 2.45) is 32.9 Å². The first-order chi connectivity index (χ1) is 17.0. The summed E-state index contributed by atoms with van der Waals surface area (Å²) in [5, 5.41) is 19.7. The molecule has 0 aliphatic carbocycles. The van der Waals surface area contributed by atoms with Crippen LogP contribution in [0.4, 0.5) is 0 Å². The maximum Gasteiger partial charge on any atom is 0.240 e. The molecule has 208 valence electrons. The summed E-state index contributed by atoms with van der Waals surface area (Å²) < 4.78 is 0.119. The van der Waals surface area contributed by atoms with Crippen LogP contribution in [-0.4, -0.2) is 46.6 Å². The van der Waals surface area contributed by atoms with Crippen molar-refractivity contribution >= 4 is 35.0 Å². The van der Waals surface area contributed by atoms with Gasteiger partial charge in [-0.3, -0.25) is 20.4 Å². The molecule has 0 fully saturated rings. The number of amidine groups is 1. The largest absolute Gasteiger partial charge is 0.368 e. The Morgan fingerprint density at radius 3 is 2.31 bits per heavy atom. The zero-order valence-electron chi connectivity index (χ0n) is 23.6. The van der Waals surface area contributed by atoms with Gasteiger partial charge in [-0.05, 0) is 57.3 Å². The molecule has 36 heavy (non-hydrogen) atoms. The van der Waals surface area contributed by atoms with Crippen molar-refractivity contribution < 1.29 is 9.59 Å². The molecule has 0 saturated carbocycles. The molecule has 0 heterocycles. The van der Waals surface area contributed by atoms with Crippen LogP contribution in [0.3, 0.4) is 0 Å². The average Bonchev–Trinajstić information content (AvgIpc) is 2.82. The van der Waals surface area contributed by atoms with Gasteiger partial charge in [0, 0.05) is 23.9 Å². The highest BCUT2D eigenvalue weighted by molar-refractivity contribution is 8.14. The number of carbonyl (C=O) groups excluding carboxylic acids is 2. The summed E-state index contributed by atoms with van der Waals surface area (Å²) >= 11 is 1.60. The number of carbonyl (C=O) groups is 2. The molecule has 0 aromatic heterocycles. The van der Waals surface area contributed by atoms with Crippen LogP contribution in [0.25, 0.3) is 0 Å². The monoisotopic (exact) mass is 525 g/mol. The molecular formula is C26H51N7O2S. The molecule has 10 heteroatoms. The third-order valence-electron chi connectivity index (χ3n) is 6.27. The molecule has 1 unspecified atom stereocenters. The number of nitrogens with zero attached hydrogens (tertiary/aromatic N) is 3. The Labute approximate surface area is 223 Å². The fourth-order valence-corrected chi connectivity index (χ4v) is 5.11. The van der Waals surface area contributed by atoms with E-state index in [1.54, 1.807) is 11.8 Å². The van der Waals surface area contributed by atoms with E-state index in [0.717, 1.165) is 51.4 Å². The highest BCUT2D eigenvalue weighted by Crippen LogP contribution is 2.37. The number of primary amides is 1. The topological polar surface area (TPSA) is 145 Å². The summed E-state index contributed by atoms with van der Waals surface area (Å²) in [6.07, 6.45) is 9.86. The van der Waals surface area contributed by atoms with E-state index >= 15 is 0 Å². The Morgan fingerprint density at radius 2 is 1.75 bits per heavy atom. The molecular weight excluding hydrogens is 474 g/mol. The summed E-state index contributed by atoms with van der Waals surface area (Å²) in [4.78, 5) is 27.7. The maximum absolute atomic E-state index is 12.0. The van der Waals surface area contributed by atoms with Gasteiger partial charge in [0.05, 0.1) is 6.04 Å². The highest BCUT2D eigenvalue weighted by Gasteiger charge is 2.27. The first-order valence-electron chi connectivity index (χ1n) is 13.5. The standard InChI is InChI=1S/C26H51N7O2S/c1-8-15-26(9-2,10-3)36-25(28)29-18-20(6)17-21(7)32-33-30-16-13-11-12-14-22(34)31-23(19(4)5)24(27)35/h18-21,23,28H,8-17H2,1-7H3,(H2,27,35)(H,30,32)(H,31,34)/b28-25?,29-18-/t20-,21-,23?/m0/s1. The van der Waals surface area contributed by atoms with Crippen LogP contribution in [-0.2, 0) is 9.59 Å². The van der Waals surface area contributed by atoms with Gasteiger partial charge in [-0.1, -0.05) is 71.4 Å². The molecule has 0 saturated heterocycles. The Balaban J connectivity index is 4.14. The quantitative estimate of drug-likeness (QED) is 0.0568. The number of rotatable bonds is 19. The van der Waals surface area contributed by atoms with E-state index < -0.39 is 11.9 Å². The average molecular weight is 526 g/mol. The van der Waals surface area contributed by atoms with E-state index in [1.165, 1.54) is 0 Å².